The number of carbonyl (C=O) groups is 1. The van der Waals surface area contributed by atoms with Gasteiger partial charge < -0.3 is 14.4 Å². The molecule has 4 rings (SSSR count). The van der Waals surface area contributed by atoms with Gasteiger partial charge in [-0.25, -0.2) is 8.78 Å². The summed E-state index contributed by atoms with van der Waals surface area (Å²) < 4.78 is 40.1. The summed E-state index contributed by atoms with van der Waals surface area (Å²) in [6.45, 7) is 4.46. The molecule has 1 heterocycles. The zero-order chi connectivity index (χ0) is 25.5. The molecule has 0 bridgehead atoms. The third-order valence-electron chi connectivity index (χ3n) is 6.24. The first-order chi connectivity index (χ1) is 17.4. The van der Waals surface area contributed by atoms with Gasteiger partial charge in [0.15, 0.2) is 6.10 Å². The summed E-state index contributed by atoms with van der Waals surface area (Å²) in [5.41, 5.74) is 0.763. The molecular weight excluding hydrogens is 486 g/mol. The summed E-state index contributed by atoms with van der Waals surface area (Å²) in [6, 6.07) is 20.3. The summed E-state index contributed by atoms with van der Waals surface area (Å²) in [5, 5.41) is 0.594. The Morgan fingerprint density at radius 3 is 2.19 bits per heavy atom. The molecule has 2 atom stereocenters. The third kappa shape index (κ3) is 6.81. The van der Waals surface area contributed by atoms with E-state index in [4.69, 9.17) is 21.1 Å². The zero-order valence-corrected chi connectivity index (χ0v) is 20.8. The highest BCUT2D eigenvalue weighted by Gasteiger charge is 2.28. The topological polar surface area (TPSA) is 42.0 Å². The fraction of sp³-hybridized carbons (Fsp3) is 0.321. The molecule has 3 aromatic carbocycles. The second-order valence-corrected chi connectivity index (χ2v) is 9.19. The first kappa shape index (κ1) is 26.1. The molecule has 0 aromatic heterocycles. The SMILES string of the molecule is C[C@@H](Oc1ccccc1)C(=O)N1CCN(C[C@@H](OCc2c(F)cccc2F)c2ccc(Cl)cc2)CC1. The van der Waals surface area contributed by atoms with E-state index in [2.05, 4.69) is 4.90 Å². The number of piperazine rings is 1. The number of rotatable bonds is 9. The lowest BCUT2D eigenvalue weighted by Gasteiger charge is -2.37. The summed E-state index contributed by atoms with van der Waals surface area (Å²) in [6.07, 6.45) is -1.01. The number of carbonyl (C=O) groups excluding carboxylic acids is 1. The van der Waals surface area contributed by atoms with Gasteiger partial charge in [0.1, 0.15) is 17.4 Å². The van der Waals surface area contributed by atoms with Gasteiger partial charge in [0.25, 0.3) is 5.91 Å². The molecule has 0 unspecified atom stereocenters. The quantitative estimate of drug-likeness (QED) is 0.379. The molecule has 1 amide bonds. The predicted molar refractivity (Wildman–Crippen MR) is 135 cm³/mol. The van der Waals surface area contributed by atoms with Crippen molar-refractivity contribution in [1.29, 1.82) is 0 Å². The number of amides is 1. The molecule has 1 aliphatic rings. The van der Waals surface area contributed by atoms with Crippen molar-refractivity contribution < 1.29 is 23.0 Å². The van der Waals surface area contributed by atoms with E-state index in [0.29, 0.717) is 43.5 Å². The number of hydrogen-bond acceptors (Lipinski definition) is 4. The van der Waals surface area contributed by atoms with Gasteiger partial charge in [-0.15, -0.1) is 0 Å². The van der Waals surface area contributed by atoms with Crippen LogP contribution in [0.15, 0.2) is 72.8 Å². The standard InChI is InChI=1S/C28H29ClF2N2O3/c1-20(36-23-6-3-2-4-7-23)28(34)33-16-14-32(15-17-33)18-27(21-10-12-22(29)13-11-21)35-19-24-25(30)8-5-9-26(24)31/h2-13,20,27H,14-19H2,1H3/t20-,27-/m1/s1. The predicted octanol–water partition coefficient (Wildman–Crippen LogP) is 5.49. The fourth-order valence-electron chi connectivity index (χ4n) is 4.18. The van der Waals surface area contributed by atoms with E-state index in [0.717, 1.165) is 5.56 Å². The Labute approximate surface area is 215 Å². The molecule has 5 nitrogen and oxygen atoms in total. The van der Waals surface area contributed by atoms with Crippen LogP contribution in [-0.2, 0) is 16.1 Å². The van der Waals surface area contributed by atoms with Gasteiger partial charge in [0, 0.05) is 43.3 Å². The van der Waals surface area contributed by atoms with Crippen molar-refractivity contribution >= 4 is 17.5 Å². The van der Waals surface area contributed by atoms with Gasteiger partial charge in [-0.3, -0.25) is 9.69 Å². The number of nitrogens with zero attached hydrogens (tertiary/aromatic N) is 2. The van der Waals surface area contributed by atoms with Gasteiger partial charge in [0.2, 0.25) is 0 Å². The molecule has 0 saturated carbocycles. The van der Waals surface area contributed by atoms with Crippen LogP contribution in [0.3, 0.4) is 0 Å². The Bertz CT molecular complexity index is 1120. The molecule has 36 heavy (non-hydrogen) atoms. The molecule has 1 fully saturated rings. The maximum atomic E-state index is 14.1. The van der Waals surface area contributed by atoms with E-state index >= 15 is 0 Å². The summed E-state index contributed by atoms with van der Waals surface area (Å²) in [7, 11) is 0. The first-order valence-corrected chi connectivity index (χ1v) is 12.3. The van der Waals surface area contributed by atoms with Crippen LogP contribution in [0, 0.1) is 11.6 Å². The lowest BCUT2D eigenvalue weighted by molar-refractivity contribution is -0.140. The summed E-state index contributed by atoms with van der Waals surface area (Å²) in [5.74, 6) is -0.669. The van der Waals surface area contributed by atoms with Crippen LogP contribution in [0.1, 0.15) is 24.2 Å². The van der Waals surface area contributed by atoms with E-state index in [1.54, 1.807) is 24.0 Å². The summed E-state index contributed by atoms with van der Waals surface area (Å²) in [4.78, 5) is 16.9. The lowest BCUT2D eigenvalue weighted by atomic mass is 10.1. The highest BCUT2D eigenvalue weighted by molar-refractivity contribution is 6.30. The van der Waals surface area contributed by atoms with E-state index < -0.39 is 23.8 Å². The number of hydrogen-bond donors (Lipinski definition) is 0. The first-order valence-electron chi connectivity index (χ1n) is 11.9. The zero-order valence-electron chi connectivity index (χ0n) is 20.1. The van der Waals surface area contributed by atoms with E-state index in [-0.39, 0.29) is 18.1 Å². The van der Waals surface area contributed by atoms with Crippen molar-refractivity contribution in [3.63, 3.8) is 0 Å². The second-order valence-electron chi connectivity index (χ2n) is 8.75. The molecule has 190 valence electrons. The Hall–Kier alpha value is -3.00. The van der Waals surface area contributed by atoms with Crippen LogP contribution in [-0.4, -0.2) is 54.5 Å². The van der Waals surface area contributed by atoms with Gasteiger partial charge in [-0.2, -0.15) is 0 Å². The van der Waals surface area contributed by atoms with Gasteiger partial charge in [-0.1, -0.05) is 48.0 Å². The monoisotopic (exact) mass is 514 g/mol. The average Bonchev–Trinajstić information content (AvgIpc) is 2.89. The van der Waals surface area contributed by atoms with Crippen LogP contribution < -0.4 is 4.74 Å². The molecule has 0 spiro atoms. The molecule has 0 radical (unpaired) electrons. The Balaban J connectivity index is 1.36. The molecule has 8 heteroatoms. The van der Waals surface area contributed by atoms with E-state index in [1.165, 1.54) is 18.2 Å². The molecule has 1 saturated heterocycles. The minimum absolute atomic E-state index is 0.0565. The normalized spacial score (nSPS) is 15.9. The van der Waals surface area contributed by atoms with Gasteiger partial charge in [-0.05, 0) is 48.9 Å². The number of halogens is 3. The average molecular weight is 515 g/mol. The molecule has 0 N–H and O–H groups in total. The summed E-state index contributed by atoms with van der Waals surface area (Å²) >= 11 is 6.05. The molecule has 0 aliphatic carbocycles. The van der Waals surface area contributed by atoms with E-state index in [9.17, 15) is 13.6 Å². The molecule has 1 aliphatic heterocycles. The number of benzene rings is 3. The van der Waals surface area contributed by atoms with Crippen molar-refractivity contribution in [2.24, 2.45) is 0 Å². The van der Waals surface area contributed by atoms with Crippen LogP contribution in [0.2, 0.25) is 5.02 Å². The maximum Gasteiger partial charge on any atom is 0.263 e. The van der Waals surface area contributed by atoms with Crippen LogP contribution in [0.4, 0.5) is 8.78 Å². The highest BCUT2D eigenvalue weighted by Crippen LogP contribution is 2.25. The largest absolute Gasteiger partial charge is 0.481 e. The minimum Gasteiger partial charge on any atom is -0.481 e. The van der Waals surface area contributed by atoms with Crippen LogP contribution >= 0.6 is 11.6 Å². The number of ether oxygens (including phenoxy) is 2. The minimum atomic E-state index is -0.635. The lowest BCUT2D eigenvalue weighted by Crippen LogP contribution is -2.52. The van der Waals surface area contributed by atoms with Crippen molar-refractivity contribution in [2.45, 2.75) is 25.7 Å². The molecular formula is C28H29ClF2N2O3. The third-order valence-corrected chi connectivity index (χ3v) is 6.50. The van der Waals surface area contributed by atoms with E-state index in [1.807, 2.05) is 42.5 Å². The second kappa shape index (κ2) is 12.3. The van der Waals surface area contributed by atoms with Crippen molar-refractivity contribution in [1.82, 2.24) is 9.80 Å². The van der Waals surface area contributed by atoms with Gasteiger partial charge in [0.05, 0.1) is 12.7 Å². The maximum absolute atomic E-state index is 14.1. The Kier molecular flexibility index (Phi) is 8.91. The number of para-hydroxylation sites is 1. The van der Waals surface area contributed by atoms with Crippen LogP contribution in [0.5, 0.6) is 5.75 Å². The Morgan fingerprint density at radius 1 is 0.917 bits per heavy atom. The highest BCUT2D eigenvalue weighted by atomic mass is 35.5. The van der Waals surface area contributed by atoms with Crippen molar-refractivity contribution in [3.8, 4) is 5.75 Å². The van der Waals surface area contributed by atoms with Crippen LogP contribution in [0.25, 0.3) is 0 Å². The van der Waals surface area contributed by atoms with Crippen molar-refractivity contribution in [3.05, 3.63) is 101 Å². The Morgan fingerprint density at radius 2 is 1.56 bits per heavy atom. The van der Waals surface area contributed by atoms with Gasteiger partial charge >= 0.3 is 0 Å². The fourth-order valence-corrected chi connectivity index (χ4v) is 4.31. The molecule has 3 aromatic rings. The van der Waals surface area contributed by atoms with Crippen molar-refractivity contribution in [2.75, 3.05) is 32.7 Å². The smallest absolute Gasteiger partial charge is 0.263 e.